The summed E-state index contributed by atoms with van der Waals surface area (Å²) in [5.74, 6) is 0.296. The van der Waals surface area contributed by atoms with E-state index in [4.69, 9.17) is 23.2 Å². The van der Waals surface area contributed by atoms with Crippen molar-refractivity contribution in [1.29, 1.82) is 0 Å². The zero-order valence-electron chi connectivity index (χ0n) is 11.0. The molecule has 19 heavy (non-hydrogen) atoms. The molecule has 0 spiro atoms. The van der Waals surface area contributed by atoms with Gasteiger partial charge in [-0.05, 0) is 19.2 Å². The van der Waals surface area contributed by atoms with Crippen LogP contribution in [0, 0.1) is 5.82 Å². The summed E-state index contributed by atoms with van der Waals surface area (Å²) in [4.78, 5) is 4.42. The highest BCUT2D eigenvalue weighted by Crippen LogP contribution is 2.29. The second-order valence-electron chi connectivity index (χ2n) is 4.50. The molecule has 0 N–H and O–H groups in total. The van der Waals surface area contributed by atoms with Gasteiger partial charge >= 0.3 is 0 Å². The smallest absolute Gasteiger partial charge is 0.144 e. The van der Waals surface area contributed by atoms with Gasteiger partial charge in [-0.15, -0.1) is 11.6 Å². The van der Waals surface area contributed by atoms with E-state index in [-0.39, 0.29) is 10.4 Å². The van der Waals surface area contributed by atoms with E-state index in [1.54, 1.807) is 17.8 Å². The molecule has 2 unspecified atom stereocenters. The predicted octanol–water partition coefficient (Wildman–Crippen LogP) is 4.88. The molecule has 2 aromatic rings. The highest BCUT2D eigenvalue weighted by Gasteiger charge is 2.18. The number of aromatic nitrogens is 2. The van der Waals surface area contributed by atoms with Crippen molar-refractivity contribution < 1.29 is 4.39 Å². The fourth-order valence-electron chi connectivity index (χ4n) is 1.97. The van der Waals surface area contributed by atoms with Crippen molar-refractivity contribution in [2.45, 2.75) is 31.0 Å². The van der Waals surface area contributed by atoms with E-state index < -0.39 is 5.82 Å². The van der Waals surface area contributed by atoms with E-state index in [9.17, 15) is 4.39 Å². The quantitative estimate of drug-likeness (QED) is 0.747. The Balaban J connectivity index is 2.62. The van der Waals surface area contributed by atoms with Gasteiger partial charge in [-0.1, -0.05) is 18.5 Å². The summed E-state index contributed by atoms with van der Waals surface area (Å²) in [5, 5.41) is 0.290. The third kappa shape index (κ3) is 3.01. The predicted molar refractivity (Wildman–Crippen MR) is 81.9 cm³/mol. The fourth-order valence-corrected chi connectivity index (χ4v) is 2.59. The molecule has 2 atom stereocenters. The van der Waals surface area contributed by atoms with Gasteiger partial charge in [0, 0.05) is 17.9 Å². The van der Waals surface area contributed by atoms with Crippen LogP contribution in [0.4, 0.5) is 4.39 Å². The number of thioether (sulfide) groups is 1. The molecule has 0 aliphatic rings. The van der Waals surface area contributed by atoms with Crippen LogP contribution in [0.3, 0.4) is 0 Å². The molecule has 0 saturated heterocycles. The van der Waals surface area contributed by atoms with Crippen LogP contribution in [0.2, 0.25) is 5.02 Å². The van der Waals surface area contributed by atoms with Crippen molar-refractivity contribution in [2.75, 3.05) is 6.26 Å². The lowest BCUT2D eigenvalue weighted by molar-refractivity contribution is 0.629. The molecule has 2 nitrogen and oxygen atoms in total. The van der Waals surface area contributed by atoms with Gasteiger partial charge in [0.1, 0.15) is 11.6 Å². The molecule has 0 aliphatic heterocycles. The number of hydrogen-bond donors (Lipinski definition) is 0. The Bertz CT molecular complexity index is 598. The Morgan fingerprint density at radius 1 is 1.42 bits per heavy atom. The van der Waals surface area contributed by atoms with Gasteiger partial charge in [-0.2, -0.15) is 11.8 Å². The van der Waals surface area contributed by atoms with Crippen molar-refractivity contribution >= 4 is 46.0 Å². The van der Waals surface area contributed by atoms with Crippen LogP contribution in [0.1, 0.15) is 25.0 Å². The third-order valence-corrected chi connectivity index (χ3v) is 4.46. The average Bonchev–Trinajstić information content (AvgIpc) is 2.68. The summed E-state index contributed by atoms with van der Waals surface area (Å²) in [6, 6.07) is 2.98. The maximum atomic E-state index is 13.5. The van der Waals surface area contributed by atoms with Crippen molar-refractivity contribution in [1.82, 2.24) is 9.55 Å². The molecular weight excluding hydrogens is 306 g/mol. The monoisotopic (exact) mass is 320 g/mol. The first kappa shape index (κ1) is 14.9. The van der Waals surface area contributed by atoms with Crippen molar-refractivity contribution in [3.05, 3.63) is 28.8 Å². The van der Waals surface area contributed by atoms with Crippen LogP contribution < -0.4 is 0 Å². The molecule has 0 saturated carbocycles. The van der Waals surface area contributed by atoms with Gasteiger partial charge in [0.15, 0.2) is 0 Å². The van der Waals surface area contributed by atoms with Crippen LogP contribution in [0.5, 0.6) is 0 Å². The van der Waals surface area contributed by atoms with E-state index in [0.29, 0.717) is 10.8 Å². The number of nitrogens with zero attached hydrogens (tertiary/aromatic N) is 2. The van der Waals surface area contributed by atoms with Crippen LogP contribution in [0.25, 0.3) is 11.0 Å². The lowest BCUT2D eigenvalue weighted by atomic mass is 10.3. The highest BCUT2D eigenvalue weighted by molar-refractivity contribution is 7.99. The average molecular weight is 321 g/mol. The summed E-state index contributed by atoms with van der Waals surface area (Å²) in [5.41, 5.74) is 1.42. The zero-order valence-corrected chi connectivity index (χ0v) is 13.3. The first-order chi connectivity index (χ1) is 8.93. The highest BCUT2D eigenvalue weighted by atomic mass is 35.5. The molecular formula is C13H15Cl2FN2S. The van der Waals surface area contributed by atoms with Crippen LogP contribution >= 0.6 is 35.0 Å². The molecule has 0 aliphatic carbocycles. The van der Waals surface area contributed by atoms with E-state index in [0.717, 1.165) is 17.9 Å². The summed E-state index contributed by atoms with van der Waals surface area (Å²) >= 11 is 13.8. The second kappa shape index (κ2) is 5.90. The second-order valence-corrected chi connectivity index (χ2v) is 6.84. The summed E-state index contributed by atoms with van der Waals surface area (Å²) < 4.78 is 15.5. The number of halogens is 3. The van der Waals surface area contributed by atoms with Gasteiger partial charge in [0.25, 0.3) is 0 Å². The fraction of sp³-hybridized carbons (Fsp3) is 0.462. The molecule has 1 aromatic carbocycles. The number of imidazole rings is 1. The largest absolute Gasteiger partial charge is 0.326 e. The number of hydrogen-bond acceptors (Lipinski definition) is 2. The maximum Gasteiger partial charge on any atom is 0.144 e. The number of alkyl halides is 1. The van der Waals surface area contributed by atoms with Crippen molar-refractivity contribution in [2.24, 2.45) is 0 Å². The van der Waals surface area contributed by atoms with E-state index >= 15 is 0 Å². The Hall–Kier alpha value is -0.450. The van der Waals surface area contributed by atoms with Crippen molar-refractivity contribution in [3.63, 3.8) is 0 Å². The van der Waals surface area contributed by atoms with Gasteiger partial charge in [0.05, 0.1) is 21.4 Å². The molecule has 0 fully saturated rings. The molecule has 0 amide bonds. The van der Waals surface area contributed by atoms with Crippen molar-refractivity contribution in [3.8, 4) is 0 Å². The minimum atomic E-state index is -0.453. The minimum absolute atomic E-state index is 0.110. The Labute approximate surface area is 126 Å². The van der Waals surface area contributed by atoms with Gasteiger partial charge in [0.2, 0.25) is 0 Å². The van der Waals surface area contributed by atoms with E-state index in [1.165, 1.54) is 6.07 Å². The molecule has 0 radical (unpaired) electrons. The molecule has 0 bridgehead atoms. The van der Waals surface area contributed by atoms with Gasteiger partial charge in [-0.3, -0.25) is 0 Å². The maximum absolute atomic E-state index is 13.5. The van der Waals surface area contributed by atoms with Crippen LogP contribution in [-0.2, 0) is 6.54 Å². The molecule has 2 rings (SSSR count). The minimum Gasteiger partial charge on any atom is -0.326 e. The first-order valence-electron chi connectivity index (χ1n) is 5.96. The van der Waals surface area contributed by atoms with Gasteiger partial charge in [-0.25, -0.2) is 9.37 Å². The summed E-state index contributed by atoms with van der Waals surface area (Å²) in [6.07, 6.45) is 2.06. The zero-order chi connectivity index (χ0) is 14.2. The topological polar surface area (TPSA) is 17.8 Å². The lowest BCUT2D eigenvalue weighted by Crippen LogP contribution is -2.12. The Kier molecular flexibility index (Phi) is 4.64. The SMILES string of the molecule is CSC(C)Cn1c(C(C)Cl)nc2cc(F)c(Cl)cc21. The normalized spacial score (nSPS) is 14.8. The third-order valence-electron chi connectivity index (χ3n) is 3.02. The van der Waals surface area contributed by atoms with Crippen LogP contribution in [-0.4, -0.2) is 21.1 Å². The Morgan fingerprint density at radius 3 is 2.68 bits per heavy atom. The number of fused-ring (bicyclic) bond motifs is 1. The molecule has 1 aromatic heterocycles. The number of benzene rings is 1. The summed E-state index contributed by atoms with van der Waals surface area (Å²) in [6.45, 7) is 4.76. The molecule has 104 valence electrons. The van der Waals surface area contributed by atoms with Gasteiger partial charge < -0.3 is 4.57 Å². The Morgan fingerprint density at radius 2 is 2.11 bits per heavy atom. The van der Waals surface area contributed by atoms with E-state index in [1.807, 2.05) is 11.5 Å². The summed E-state index contributed by atoms with van der Waals surface area (Å²) in [7, 11) is 0. The molecule has 6 heteroatoms. The van der Waals surface area contributed by atoms with E-state index in [2.05, 4.69) is 18.2 Å². The standard InChI is InChI=1S/C13H15Cl2FN2S/c1-7(19-3)6-18-12-4-9(15)10(16)5-11(12)17-13(18)8(2)14/h4-5,7-8H,6H2,1-3H3. The van der Waals surface area contributed by atoms with Crippen LogP contribution in [0.15, 0.2) is 12.1 Å². The first-order valence-corrected chi connectivity index (χ1v) is 8.06. The molecule has 1 heterocycles. The lowest BCUT2D eigenvalue weighted by Gasteiger charge is -2.14. The number of rotatable bonds is 4.